The maximum Gasteiger partial charge on any atom is 0.232 e. The summed E-state index contributed by atoms with van der Waals surface area (Å²) in [6, 6.07) is 38.1. The van der Waals surface area contributed by atoms with Crippen LogP contribution in [-0.2, 0) is 0 Å². The molecular formula is C27H19NO. The Hall–Kier alpha value is -3.91. The lowest BCUT2D eigenvalue weighted by molar-refractivity contribution is -0.580. The van der Waals surface area contributed by atoms with Gasteiger partial charge in [-0.25, -0.2) is 0 Å². The van der Waals surface area contributed by atoms with Crippen LogP contribution in [0.4, 0.5) is 0 Å². The predicted octanol–water partition coefficient (Wildman–Crippen LogP) is 6.47. The lowest BCUT2D eigenvalue weighted by atomic mass is 9.91. The zero-order chi connectivity index (χ0) is 19.6. The molecule has 0 N–H and O–H groups in total. The van der Waals surface area contributed by atoms with E-state index in [1.807, 2.05) is 97.1 Å². The van der Waals surface area contributed by atoms with Crippen molar-refractivity contribution in [2.24, 2.45) is 0 Å². The zero-order valence-corrected chi connectivity index (χ0v) is 15.8. The normalized spacial score (nSPS) is 10.9. The van der Waals surface area contributed by atoms with Crippen molar-refractivity contribution < 1.29 is 4.73 Å². The van der Waals surface area contributed by atoms with E-state index in [1.165, 1.54) is 0 Å². The SMILES string of the molecule is [O-][n+]1c(-c2ccccc2)c(-c2ccccc2)c2ccccc2c1-c1ccccc1. The van der Waals surface area contributed by atoms with Crippen LogP contribution in [-0.4, -0.2) is 0 Å². The molecule has 2 nitrogen and oxygen atoms in total. The van der Waals surface area contributed by atoms with Gasteiger partial charge in [-0.15, -0.1) is 0 Å². The summed E-state index contributed by atoms with van der Waals surface area (Å²) in [5.41, 5.74) is 5.17. The summed E-state index contributed by atoms with van der Waals surface area (Å²) in [6.45, 7) is 0. The third-order valence-electron chi connectivity index (χ3n) is 5.25. The van der Waals surface area contributed by atoms with E-state index in [2.05, 4.69) is 18.2 Å². The molecule has 0 fully saturated rings. The van der Waals surface area contributed by atoms with E-state index < -0.39 is 0 Å². The molecule has 0 radical (unpaired) electrons. The van der Waals surface area contributed by atoms with Gasteiger partial charge in [0.25, 0.3) is 0 Å². The molecule has 0 atom stereocenters. The molecule has 1 aromatic heterocycles. The van der Waals surface area contributed by atoms with E-state index in [0.29, 0.717) is 11.4 Å². The van der Waals surface area contributed by atoms with Crippen molar-refractivity contribution >= 4 is 10.8 Å². The summed E-state index contributed by atoms with van der Waals surface area (Å²) in [7, 11) is 0. The Balaban J connectivity index is 1.99. The molecule has 4 aromatic carbocycles. The van der Waals surface area contributed by atoms with Crippen LogP contribution in [0.5, 0.6) is 0 Å². The molecule has 0 saturated heterocycles. The smallest absolute Gasteiger partial charge is 0.232 e. The number of fused-ring (bicyclic) bond motifs is 1. The van der Waals surface area contributed by atoms with Crippen molar-refractivity contribution in [3.8, 4) is 33.6 Å². The Morgan fingerprint density at radius 1 is 0.414 bits per heavy atom. The fourth-order valence-electron chi connectivity index (χ4n) is 3.98. The topological polar surface area (TPSA) is 26.9 Å². The number of aromatic nitrogens is 1. The van der Waals surface area contributed by atoms with Crippen molar-refractivity contribution in [3.63, 3.8) is 0 Å². The zero-order valence-electron chi connectivity index (χ0n) is 15.8. The molecule has 0 saturated carbocycles. The summed E-state index contributed by atoms with van der Waals surface area (Å²) in [6.07, 6.45) is 0. The maximum atomic E-state index is 13.9. The van der Waals surface area contributed by atoms with Gasteiger partial charge < -0.3 is 5.21 Å². The van der Waals surface area contributed by atoms with E-state index in [9.17, 15) is 5.21 Å². The molecule has 5 rings (SSSR count). The number of benzene rings is 4. The lowest BCUT2D eigenvalue weighted by Crippen LogP contribution is -2.33. The standard InChI is InChI=1S/C27H19NO/c29-28-26(21-14-6-2-7-15-21)24-19-11-10-18-23(24)25(20-12-4-1-5-13-20)27(28)22-16-8-3-9-17-22/h1-19H. The molecule has 2 heteroatoms. The van der Waals surface area contributed by atoms with E-state index in [4.69, 9.17) is 0 Å². The minimum Gasteiger partial charge on any atom is -0.618 e. The fraction of sp³-hybridized carbons (Fsp3) is 0. The van der Waals surface area contributed by atoms with Gasteiger partial charge in [0.2, 0.25) is 11.4 Å². The highest BCUT2D eigenvalue weighted by Gasteiger charge is 2.26. The van der Waals surface area contributed by atoms with Crippen molar-refractivity contribution in [1.29, 1.82) is 0 Å². The first-order valence-corrected chi connectivity index (χ1v) is 9.69. The minimum absolute atomic E-state index is 0.675. The van der Waals surface area contributed by atoms with E-state index in [-0.39, 0.29) is 0 Å². The Bertz CT molecular complexity index is 1280. The molecule has 0 amide bonds. The number of rotatable bonds is 3. The monoisotopic (exact) mass is 373 g/mol. The van der Waals surface area contributed by atoms with Crippen molar-refractivity contribution in [1.82, 2.24) is 0 Å². The highest BCUT2D eigenvalue weighted by atomic mass is 16.5. The van der Waals surface area contributed by atoms with Crippen LogP contribution in [0.25, 0.3) is 44.4 Å². The molecule has 0 unspecified atom stereocenters. The van der Waals surface area contributed by atoms with E-state index in [0.717, 1.165) is 37.8 Å². The molecule has 0 aliphatic heterocycles. The second-order valence-electron chi connectivity index (χ2n) is 7.01. The van der Waals surface area contributed by atoms with Crippen LogP contribution >= 0.6 is 0 Å². The van der Waals surface area contributed by atoms with Gasteiger partial charge in [0.05, 0.1) is 10.9 Å². The van der Waals surface area contributed by atoms with Crippen molar-refractivity contribution in [2.75, 3.05) is 0 Å². The number of hydrogen-bond acceptors (Lipinski definition) is 1. The van der Waals surface area contributed by atoms with Crippen molar-refractivity contribution in [3.05, 3.63) is 120 Å². The second-order valence-corrected chi connectivity index (χ2v) is 7.01. The van der Waals surface area contributed by atoms with Crippen LogP contribution in [0, 0.1) is 5.21 Å². The number of hydrogen-bond donors (Lipinski definition) is 0. The highest BCUT2D eigenvalue weighted by Crippen LogP contribution is 2.39. The van der Waals surface area contributed by atoms with Gasteiger partial charge in [0.1, 0.15) is 0 Å². The summed E-state index contributed by atoms with van der Waals surface area (Å²) >= 11 is 0. The van der Waals surface area contributed by atoms with Gasteiger partial charge >= 0.3 is 0 Å². The van der Waals surface area contributed by atoms with Gasteiger partial charge in [0, 0.05) is 16.5 Å². The highest BCUT2D eigenvalue weighted by molar-refractivity contribution is 6.06. The first kappa shape index (κ1) is 17.2. The Morgan fingerprint density at radius 2 is 0.828 bits per heavy atom. The molecule has 29 heavy (non-hydrogen) atoms. The van der Waals surface area contributed by atoms with Crippen LogP contribution in [0.2, 0.25) is 0 Å². The summed E-state index contributed by atoms with van der Waals surface area (Å²) in [4.78, 5) is 0. The third-order valence-corrected chi connectivity index (χ3v) is 5.25. The minimum atomic E-state index is 0.675. The van der Waals surface area contributed by atoms with E-state index >= 15 is 0 Å². The molecule has 0 aliphatic rings. The predicted molar refractivity (Wildman–Crippen MR) is 119 cm³/mol. The molecule has 138 valence electrons. The van der Waals surface area contributed by atoms with Crippen molar-refractivity contribution in [2.45, 2.75) is 0 Å². The van der Waals surface area contributed by atoms with Gasteiger partial charge in [-0.3, -0.25) is 0 Å². The van der Waals surface area contributed by atoms with Gasteiger partial charge in [0.15, 0.2) is 0 Å². The Labute approximate surface area is 169 Å². The molecule has 1 heterocycles. The third kappa shape index (κ3) is 2.95. The Morgan fingerprint density at radius 3 is 1.38 bits per heavy atom. The lowest BCUT2D eigenvalue weighted by Gasteiger charge is -2.18. The summed E-state index contributed by atoms with van der Waals surface area (Å²) in [5, 5.41) is 15.9. The summed E-state index contributed by atoms with van der Waals surface area (Å²) < 4.78 is 1.11. The molecule has 0 bridgehead atoms. The molecular weight excluding hydrogens is 354 g/mol. The average Bonchev–Trinajstić information content (AvgIpc) is 2.80. The van der Waals surface area contributed by atoms with Gasteiger partial charge in [-0.05, 0) is 35.9 Å². The summed E-state index contributed by atoms with van der Waals surface area (Å²) in [5.74, 6) is 0. The second kappa shape index (κ2) is 7.25. The molecule has 0 spiro atoms. The van der Waals surface area contributed by atoms with Crippen LogP contribution in [0.3, 0.4) is 0 Å². The molecule has 5 aromatic rings. The van der Waals surface area contributed by atoms with Gasteiger partial charge in [-0.1, -0.05) is 84.9 Å². The van der Waals surface area contributed by atoms with Crippen LogP contribution in [0.15, 0.2) is 115 Å². The average molecular weight is 373 g/mol. The number of pyridine rings is 1. The first-order chi connectivity index (χ1) is 14.3. The fourth-order valence-corrected chi connectivity index (χ4v) is 3.98. The van der Waals surface area contributed by atoms with Crippen LogP contribution < -0.4 is 4.73 Å². The first-order valence-electron chi connectivity index (χ1n) is 9.69. The van der Waals surface area contributed by atoms with Gasteiger partial charge in [-0.2, -0.15) is 4.73 Å². The number of nitrogens with zero attached hydrogens (tertiary/aromatic N) is 1. The quantitative estimate of drug-likeness (QED) is 0.263. The van der Waals surface area contributed by atoms with E-state index in [1.54, 1.807) is 0 Å². The van der Waals surface area contributed by atoms with Crippen LogP contribution in [0.1, 0.15) is 0 Å². The maximum absolute atomic E-state index is 13.9. The largest absolute Gasteiger partial charge is 0.618 e. The Kier molecular flexibility index (Phi) is 4.30. The molecule has 0 aliphatic carbocycles.